The quantitative estimate of drug-likeness (QED) is 0.403. The molecule has 1 fully saturated rings. The van der Waals surface area contributed by atoms with E-state index in [1.807, 2.05) is 13.8 Å². The van der Waals surface area contributed by atoms with Crippen molar-refractivity contribution in [1.82, 2.24) is 20.0 Å². The van der Waals surface area contributed by atoms with Gasteiger partial charge in [0.15, 0.2) is 0 Å². The Morgan fingerprint density at radius 2 is 1.90 bits per heavy atom. The lowest BCUT2D eigenvalue weighted by atomic mass is 9.99. The van der Waals surface area contributed by atoms with Crippen LogP contribution in [-0.2, 0) is 19.2 Å². The predicted octanol–water partition coefficient (Wildman–Crippen LogP) is 1.41. The third-order valence-corrected chi connectivity index (χ3v) is 5.64. The highest BCUT2D eigenvalue weighted by Gasteiger charge is 2.36. The minimum atomic E-state index is -0.420. The average molecular weight is 423 g/mol. The second kappa shape index (κ2) is 12.3. The summed E-state index contributed by atoms with van der Waals surface area (Å²) in [6.45, 7) is 8.94. The van der Waals surface area contributed by atoms with Crippen molar-refractivity contribution in [2.45, 2.75) is 65.5 Å². The first-order valence-corrected chi connectivity index (χ1v) is 10.8. The Bertz CT molecular complexity index is 647. The van der Waals surface area contributed by atoms with Crippen molar-refractivity contribution in [2.24, 2.45) is 5.92 Å². The lowest BCUT2D eigenvalue weighted by Gasteiger charge is -2.31. The molecule has 30 heavy (non-hydrogen) atoms. The summed E-state index contributed by atoms with van der Waals surface area (Å²) < 4.78 is 0. The molecule has 1 N–H and O–H groups in total. The van der Waals surface area contributed by atoms with Crippen LogP contribution < -0.4 is 5.32 Å². The smallest absolute Gasteiger partial charge is 0.249 e. The second-order valence-electron chi connectivity index (χ2n) is 8.36. The number of amides is 4. The van der Waals surface area contributed by atoms with E-state index in [-0.39, 0.29) is 36.2 Å². The van der Waals surface area contributed by atoms with Crippen LogP contribution in [0.15, 0.2) is 11.6 Å². The first-order valence-electron chi connectivity index (χ1n) is 10.8. The molecule has 2 unspecified atom stereocenters. The normalized spacial score (nSPS) is 17.6. The van der Waals surface area contributed by atoms with Gasteiger partial charge in [-0.1, -0.05) is 33.3 Å². The van der Waals surface area contributed by atoms with Crippen LogP contribution in [0.2, 0.25) is 0 Å². The number of nitrogens with one attached hydrogen (secondary N) is 1. The SMILES string of the molecule is CCCCN(C)C(=O)C1CCCN1C(=O)/C(C)=C/C(C(C)C)N(C)C(=O)CNC=O. The van der Waals surface area contributed by atoms with Crippen LogP contribution in [0.5, 0.6) is 0 Å². The largest absolute Gasteiger partial charge is 0.350 e. The summed E-state index contributed by atoms with van der Waals surface area (Å²) in [7, 11) is 3.46. The molecule has 0 saturated carbocycles. The maximum atomic E-state index is 13.1. The van der Waals surface area contributed by atoms with Crippen molar-refractivity contribution in [3.8, 4) is 0 Å². The van der Waals surface area contributed by atoms with Crippen molar-refractivity contribution in [3.05, 3.63) is 11.6 Å². The number of nitrogens with zero attached hydrogens (tertiary/aromatic N) is 3. The summed E-state index contributed by atoms with van der Waals surface area (Å²) in [4.78, 5) is 53.7. The monoisotopic (exact) mass is 422 g/mol. The number of likely N-dealkylation sites (N-methyl/N-ethyl adjacent to an activating group) is 2. The molecule has 1 aliphatic heterocycles. The molecule has 8 heteroatoms. The van der Waals surface area contributed by atoms with Gasteiger partial charge in [-0.25, -0.2) is 0 Å². The van der Waals surface area contributed by atoms with E-state index in [4.69, 9.17) is 0 Å². The predicted molar refractivity (Wildman–Crippen MR) is 116 cm³/mol. The highest BCUT2D eigenvalue weighted by molar-refractivity contribution is 5.97. The fourth-order valence-corrected chi connectivity index (χ4v) is 3.75. The number of likely N-dealkylation sites (tertiary alicyclic amines) is 1. The fourth-order valence-electron chi connectivity index (χ4n) is 3.75. The molecule has 0 aromatic rings. The summed E-state index contributed by atoms with van der Waals surface area (Å²) in [6.07, 6.45) is 5.72. The van der Waals surface area contributed by atoms with E-state index in [0.29, 0.717) is 31.5 Å². The molecular formula is C22H38N4O4. The number of carbonyl (C=O) groups excluding carboxylic acids is 4. The van der Waals surface area contributed by atoms with Crippen molar-refractivity contribution in [2.75, 3.05) is 33.7 Å². The van der Waals surface area contributed by atoms with Gasteiger partial charge in [-0.05, 0) is 32.1 Å². The Balaban J connectivity index is 2.95. The zero-order valence-electron chi connectivity index (χ0n) is 19.3. The Morgan fingerprint density at radius 1 is 1.23 bits per heavy atom. The van der Waals surface area contributed by atoms with Gasteiger partial charge in [-0.15, -0.1) is 0 Å². The Kier molecular flexibility index (Phi) is 10.6. The van der Waals surface area contributed by atoms with Crippen LogP contribution >= 0.6 is 0 Å². The Morgan fingerprint density at radius 3 is 2.47 bits per heavy atom. The van der Waals surface area contributed by atoms with E-state index >= 15 is 0 Å². The summed E-state index contributed by atoms with van der Waals surface area (Å²) >= 11 is 0. The van der Waals surface area contributed by atoms with Crippen LogP contribution in [0, 0.1) is 5.92 Å². The molecular weight excluding hydrogens is 384 g/mol. The minimum absolute atomic E-state index is 0.00487. The molecule has 1 saturated heterocycles. The fraction of sp³-hybridized carbons (Fsp3) is 0.727. The van der Waals surface area contributed by atoms with Crippen molar-refractivity contribution in [1.29, 1.82) is 0 Å². The molecule has 8 nitrogen and oxygen atoms in total. The first kappa shape index (κ1) is 25.7. The van der Waals surface area contributed by atoms with E-state index in [1.165, 1.54) is 0 Å². The van der Waals surface area contributed by atoms with Crippen molar-refractivity contribution >= 4 is 24.1 Å². The lowest BCUT2D eigenvalue weighted by Crippen LogP contribution is -2.47. The number of rotatable bonds is 11. The lowest BCUT2D eigenvalue weighted by molar-refractivity contribution is -0.141. The summed E-state index contributed by atoms with van der Waals surface area (Å²) in [6, 6.07) is -0.713. The highest BCUT2D eigenvalue weighted by Crippen LogP contribution is 2.23. The van der Waals surface area contributed by atoms with E-state index in [9.17, 15) is 19.2 Å². The maximum Gasteiger partial charge on any atom is 0.249 e. The van der Waals surface area contributed by atoms with Gasteiger partial charge in [0.05, 0.1) is 12.6 Å². The van der Waals surface area contributed by atoms with E-state index in [2.05, 4.69) is 12.2 Å². The molecule has 2 atom stereocenters. The van der Waals surface area contributed by atoms with Crippen LogP contribution in [-0.4, -0.2) is 84.6 Å². The molecule has 4 amide bonds. The summed E-state index contributed by atoms with van der Waals surface area (Å²) in [5.74, 6) is -0.319. The zero-order valence-corrected chi connectivity index (χ0v) is 19.3. The topological polar surface area (TPSA) is 90.0 Å². The molecule has 0 aromatic carbocycles. The third kappa shape index (κ3) is 6.85. The number of carbonyl (C=O) groups is 4. The number of unbranched alkanes of at least 4 members (excludes halogenated alkanes) is 1. The molecule has 0 radical (unpaired) electrons. The van der Waals surface area contributed by atoms with Gasteiger partial charge < -0.3 is 20.0 Å². The Labute approximate surface area is 180 Å². The van der Waals surface area contributed by atoms with Crippen LogP contribution in [0.3, 0.4) is 0 Å². The molecule has 0 aliphatic carbocycles. The van der Waals surface area contributed by atoms with Crippen LogP contribution in [0.25, 0.3) is 0 Å². The van der Waals surface area contributed by atoms with Gasteiger partial charge in [-0.2, -0.15) is 0 Å². The molecule has 0 aromatic heterocycles. The van der Waals surface area contributed by atoms with E-state index in [0.717, 1.165) is 19.3 Å². The molecule has 1 heterocycles. The third-order valence-electron chi connectivity index (χ3n) is 5.64. The molecule has 1 aliphatic rings. The van der Waals surface area contributed by atoms with Gasteiger partial charge in [-0.3, -0.25) is 19.2 Å². The average Bonchev–Trinajstić information content (AvgIpc) is 3.21. The van der Waals surface area contributed by atoms with Crippen molar-refractivity contribution < 1.29 is 19.2 Å². The van der Waals surface area contributed by atoms with Crippen molar-refractivity contribution in [3.63, 3.8) is 0 Å². The highest BCUT2D eigenvalue weighted by atomic mass is 16.2. The minimum Gasteiger partial charge on any atom is -0.350 e. The molecule has 0 spiro atoms. The standard InChI is InChI=1S/C22H38N4O4/c1-7-8-11-24(5)22(30)18-10-9-12-26(18)21(29)17(4)13-19(16(2)3)25(6)20(28)14-23-15-27/h13,15-16,18-19H,7-12,14H2,1-6H3,(H,23,27)/b17-13+. The number of hydrogen-bond donors (Lipinski definition) is 1. The summed E-state index contributed by atoms with van der Waals surface area (Å²) in [5, 5.41) is 2.38. The van der Waals surface area contributed by atoms with E-state index in [1.54, 1.807) is 41.8 Å². The van der Waals surface area contributed by atoms with Gasteiger partial charge in [0.1, 0.15) is 6.04 Å². The van der Waals surface area contributed by atoms with Gasteiger partial charge >= 0.3 is 0 Å². The van der Waals surface area contributed by atoms with Crippen LogP contribution in [0.4, 0.5) is 0 Å². The van der Waals surface area contributed by atoms with Gasteiger partial charge in [0.2, 0.25) is 24.1 Å². The number of hydrogen-bond acceptors (Lipinski definition) is 4. The van der Waals surface area contributed by atoms with Gasteiger partial charge in [0.25, 0.3) is 0 Å². The second-order valence-corrected chi connectivity index (χ2v) is 8.36. The first-order chi connectivity index (χ1) is 14.1. The van der Waals surface area contributed by atoms with Crippen LogP contribution in [0.1, 0.15) is 53.4 Å². The Hall–Kier alpha value is -2.38. The molecule has 170 valence electrons. The molecule has 0 bridgehead atoms. The maximum absolute atomic E-state index is 13.1. The summed E-state index contributed by atoms with van der Waals surface area (Å²) in [5.41, 5.74) is 0.521. The zero-order chi connectivity index (χ0) is 22.8. The van der Waals surface area contributed by atoms with Gasteiger partial charge in [0, 0.05) is 32.8 Å². The molecule has 1 rings (SSSR count). The van der Waals surface area contributed by atoms with E-state index < -0.39 is 6.04 Å².